The number of hydrogen-bond acceptors (Lipinski definition) is 3. The first-order chi connectivity index (χ1) is 8.66. The maximum absolute atomic E-state index is 11.3. The largest absolute Gasteiger partial charge is 0.351 e. The van der Waals surface area contributed by atoms with Crippen molar-refractivity contribution in [3.63, 3.8) is 0 Å². The lowest BCUT2D eigenvalue weighted by Gasteiger charge is -2.05. The second-order valence-electron chi connectivity index (χ2n) is 4.14. The first-order valence-corrected chi connectivity index (χ1v) is 5.79. The highest BCUT2D eigenvalue weighted by molar-refractivity contribution is 5.80. The summed E-state index contributed by atoms with van der Waals surface area (Å²) in [5, 5.41) is 6.99. The normalized spacial score (nSPS) is 12.1. The molecule has 0 aliphatic rings. The fraction of sp³-hybridized carbons (Fsp3) is 0.231. The Balaban J connectivity index is 2.01. The Morgan fingerprint density at radius 1 is 1.44 bits per heavy atom. The molecule has 1 atom stereocenters. The summed E-state index contributed by atoms with van der Waals surface area (Å²) in [6, 6.07) is 9.31. The van der Waals surface area contributed by atoms with Crippen LogP contribution in [0.2, 0.25) is 0 Å². The fourth-order valence-corrected chi connectivity index (χ4v) is 1.52. The van der Waals surface area contributed by atoms with E-state index in [1.54, 1.807) is 17.8 Å². The van der Waals surface area contributed by atoms with E-state index in [2.05, 4.69) is 10.4 Å². The molecule has 5 heteroatoms. The van der Waals surface area contributed by atoms with Crippen LogP contribution in [0.5, 0.6) is 0 Å². The van der Waals surface area contributed by atoms with E-state index in [9.17, 15) is 4.79 Å². The molecular formula is C13H16N4O. The van der Waals surface area contributed by atoms with Crippen LogP contribution >= 0.6 is 0 Å². The number of nitrogens with two attached hydrogens (primary N) is 1. The maximum Gasteiger partial charge on any atom is 0.236 e. The fourth-order valence-electron chi connectivity index (χ4n) is 1.52. The molecule has 1 aromatic carbocycles. The van der Waals surface area contributed by atoms with Crippen LogP contribution < -0.4 is 11.1 Å². The van der Waals surface area contributed by atoms with Crippen molar-refractivity contribution in [1.29, 1.82) is 0 Å². The minimum Gasteiger partial charge on any atom is -0.351 e. The zero-order chi connectivity index (χ0) is 13.0. The van der Waals surface area contributed by atoms with Gasteiger partial charge in [-0.25, -0.2) is 4.68 Å². The SMILES string of the molecule is C[C@H](N)C(=O)NCc1cnn(-c2ccccc2)c1. The molecule has 18 heavy (non-hydrogen) atoms. The van der Waals surface area contributed by atoms with Gasteiger partial charge >= 0.3 is 0 Å². The zero-order valence-corrected chi connectivity index (χ0v) is 10.2. The van der Waals surface area contributed by atoms with Gasteiger partial charge in [0.15, 0.2) is 0 Å². The van der Waals surface area contributed by atoms with E-state index in [-0.39, 0.29) is 5.91 Å². The summed E-state index contributed by atoms with van der Waals surface area (Å²) >= 11 is 0. The number of nitrogens with zero attached hydrogens (tertiary/aromatic N) is 2. The number of para-hydroxylation sites is 1. The number of carbonyl (C=O) groups is 1. The molecule has 2 aromatic rings. The molecule has 0 aliphatic carbocycles. The Labute approximate surface area is 106 Å². The molecule has 0 radical (unpaired) electrons. The summed E-state index contributed by atoms with van der Waals surface area (Å²) in [5.41, 5.74) is 7.39. The van der Waals surface area contributed by atoms with E-state index in [0.29, 0.717) is 6.54 Å². The molecule has 0 saturated heterocycles. The molecule has 0 unspecified atom stereocenters. The van der Waals surface area contributed by atoms with Gasteiger partial charge in [-0.15, -0.1) is 0 Å². The van der Waals surface area contributed by atoms with Gasteiger partial charge in [0.2, 0.25) is 5.91 Å². The van der Waals surface area contributed by atoms with Crippen molar-refractivity contribution >= 4 is 5.91 Å². The number of amides is 1. The highest BCUT2D eigenvalue weighted by Crippen LogP contribution is 2.07. The molecular weight excluding hydrogens is 228 g/mol. The number of carbonyl (C=O) groups excluding carboxylic acids is 1. The molecule has 0 fully saturated rings. The molecule has 0 spiro atoms. The van der Waals surface area contributed by atoms with Crippen molar-refractivity contribution in [3.8, 4) is 5.69 Å². The molecule has 2 rings (SSSR count). The molecule has 3 N–H and O–H groups in total. The van der Waals surface area contributed by atoms with E-state index in [1.165, 1.54) is 0 Å². The summed E-state index contributed by atoms with van der Waals surface area (Å²) in [4.78, 5) is 11.3. The number of hydrogen-bond donors (Lipinski definition) is 2. The molecule has 5 nitrogen and oxygen atoms in total. The monoisotopic (exact) mass is 244 g/mol. The van der Waals surface area contributed by atoms with E-state index < -0.39 is 6.04 Å². The molecule has 0 aliphatic heterocycles. The van der Waals surface area contributed by atoms with Gasteiger partial charge in [-0.2, -0.15) is 5.10 Å². The predicted molar refractivity (Wildman–Crippen MR) is 69.1 cm³/mol. The van der Waals surface area contributed by atoms with Crippen molar-refractivity contribution in [1.82, 2.24) is 15.1 Å². The predicted octanol–water partition coefficient (Wildman–Crippen LogP) is 0.836. The van der Waals surface area contributed by atoms with Crippen molar-refractivity contribution in [2.75, 3.05) is 0 Å². The molecule has 94 valence electrons. The Morgan fingerprint density at radius 2 is 2.17 bits per heavy atom. The lowest BCUT2D eigenvalue weighted by atomic mass is 10.3. The van der Waals surface area contributed by atoms with Crippen molar-refractivity contribution in [2.45, 2.75) is 19.5 Å². The van der Waals surface area contributed by atoms with Crippen LogP contribution in [0.1, 0.15) is 12.5 Å². The van der Waals surface area contributed by atoms with E-state index in [0.717, 1.165) is 11.3 Å². The topological polar surface area (TPSA) is 72.9 Å². The second-order valence-corrected chi connectivity index (χ2v) is 4.14. The van der Waals surface area contributed by atoms with Crippen molar-refractivity contribution < 1.29 is 4.79 Å². The third kappa shape index (κ3) is 2.95. The van der Waals surface area contributed by atoms with Crippen LogP contribution in [-0.2, 0) is 11.3 Å². The highest BCUT2D eigenvalue weighted by Gasteiger charge is 2.07. The summed E-state index contributed by atoms with van der Waals surface area (Å²) in [7, 11) is 0. The van der Waals surface area contributed by atoms with Crippen LogP contribution in [0, 0.1) is 0 Å². The first-order valence-electron chi connectivity index (χ1n) is 5.79. The van der Waals surface area contributed by atoms with E-state index >= 15 is 0 Å². The zero-order valence-electron chi connectivity index (χ0n) is 10.2. The lowest BCUT2D eigenvalue weighted by Crippen LogP contribution is -2.37. The van der Waals surface area contributed by atoms with Gasteiger partial charge in [-0.1, -0.05) is 18.2 Å². The average molecular weight is 244 g/mol. The van der Waals surface area contributed by atoms with Crippen LogP contribution in [0.4, 0.5) is 0 Å². The van der Waals surface area contributed by atoms with Gasteiger partial charge in [-0.05, 0) is 19.1 Å². The lowest BCUT2D eigenvalue weighted by molar-refractivity contribution is -0.122. The van der Waals surface area contributed by atoms with Crippen LogP contribution in [0.15, 0.2) is 42.7 Å². The van der Waals surface area contributed by atoms with Gasteiger partial charge in [0.05, 0.1) is 17.9 Å². The summed E-state index contributed by atoms with van der Waals surface area (Å²) in [6.45, 7) is 2.09. The minimum atomic E-state index is -0.492. The van der Waals surface area contributed by atoms with E-state index in [1.807, 2.05) is 36.5 Å². The van der Waals surface area contributed by atoms with Crippen molar-refractivity contribution in [3.05, 3.63) is 48.3 Å². The Bertz CT molecular complexity index is 519. The maximum atomic E-state index is 11.3. The first kappa shape index (κ1) is 12.3. The number of nitrogens with one attached hydrogen (secondary N) is 1. The quantitative estimate of drug-likeness (QED) is 0.837. The second kappa shape index (κ2) is 5.46. The molecule has 1 aromatic heterocycles. The third-order valence-electron chi connectivity index (χ3n) is 2.54. The minimum absolute atomic E-state index is 0.164. The van der Waals surface area contributed by atoms with Gasteiger partial charge in [-0.3, -0.25) is 4.79 Å². The molecule has 0 bridgehead atoms. The number of aromatic nitrogens is 2. The van der Waals surface area contributed by atoms with Crippen LogP contribution in [-0.4, -0.2) is 21.7 Å². The highest BCUT2D eigenvalue weighted by atomic mass is 16.2. The Kier molecular flexibility index (Phi) is 3.74. The molecule has 1 amide bonds. The standard InChI is InChI=1S/C13H16N4O/c1-10(14)13(18)15-7-11-8-16-17(9-11)12-5-3-2-4-6-12/h2-6,8-10H,7,14H2,1H3,(H,15,18)/t10-/m0/s1. The summed E-state index contributed by atoms with van der Waals surface area (Å²) in [6.07, 6.45) is 3.62. The molecule has 0 saturated carbocycles. The number of rotatable bonds is 4. The Hall–Kier alpha value is -2.14. The van der Waals surface area contributed by atoms with Gasteiger partial charge in [0.25, 0.3) is 0 Å². The van der Waals surface area contributed by atoms with Crippen LogP contribution in [0.3, 0.4) is 0 Å². The third-order valence-corrected chi connectivity index (χ3v) is 2.54. The van der Waals surface area contributed by atoms with Gasteiger partial charge in [0.1, 0.15) is 0 Å². The smallest absolute Gasteiger partial charge is 0.236 e. The van der Waals surface area contributed by atoms with Crippen LogP contribution in [0.25, 0.3) is 5.69 Å². The van der Waals surface area contributed by atoms with Gasteiger partial charge in [0, 0.05) is 18.3 Å². The van der Waals surface area contributed by atoms with Crippen molar-refractivity contribution in [2.24, 2.45) is 5.73 Å². The molecule has 1 heterocycles. The summed E-state index contributed by atoms with van der Waals surface area (Å²) in [5.74, 6) is -0.164. The summed E-state index contributed by atoms with van der Waals surface area (Å²) < 4.78 is 1.77. The Morgan fingerprint density at radius 3 is 2.83 bits per heavy atom. The van der Waals surface area contributed by atoms with E-state index in [4.69, 9.17) is 5.73 Å². The van der Waals surface area contributed by atoms with Gasteiger partial charge < -0.3 is 11.1 Å². The number of benzene rings is 1. The average Bonchev–Trinajstić information content (AvgIpc) is 2.85.